The topological polar surface area (TPSA) is 51.0 Å². The molecule has 0 N–H and O–H groups in total. The standard InChI is InChI=1S/C21H23FN4OS/c1-15(2)17-6-10-19(11-7-17)26-14-23-24-21(26)28-13-20(27)25(3)12-16-4-8-18(22)9-5-16/h4-11,14-15H,12-13H2,1-3H3. The Morgan fingerprint density at radius 2 is 1.82 bits per heavy atom. The van der Waals surface area contributed by atoms with E-state index >= 15 is 0 Å². The molecule has 0 aliphatic carbocycles. The van der Waals surface area contributed by atoms with E-state index in [4.69, 9.17) is 0 Å². The minimum absolute atomic E-state index is 0.0287. The molecule has 0 bridgehead atoms. The number of carbonyl (C=O) groups is 1. The van der Waals surface area contributed by atoms with Crippen LogP contribution in [0.1, 0.15) is 30.9 Å². The first-order valence-electron chi connectivity index (χ1n) is 9.05. The van der Waals surface area contributed by atoms with Crippen LogP contribution in [0.25, 0.3) is 5.69 Å². The van der Waals surface area contributed by atoms with Gasteiger partial charge in [-0.15, -0.1) is 10.2 Å². The van der Waals surface area contributed by atoms with Crippen molar-refractivity contribution in [3.05, 3.63) is 71.8 Å². The summed E-state index contributed by atoms with van der Waals surface area (Å²) in [6.07, 6.45) is 1.65. The maximum atomic E-state index is 13.0. The molecule has 1 heterocycles. The summed E-state index contributed by atoms with van der Waals surface area (Å²) >= 11 is 1.35. The zero-order valence-electron chi connectivity index (χ0n) is 16.2. The summed E-state index contributed by atoms with van der Waals surface area (Å²) in [7, 11) is 1.74. The minimum Gasteiger partial charge on any atom is -0.341 e. The number of halogens is 1. The average molecular weight is 399 g/mol. The van der Waals surface area contributed by atoms with Crippen LogP contribution in [-0.2, 0) is 11.3 Å². The zero-order chi connectivity index (χ0) is 20.1. The lowest BCUT2D eigenvalue weighted by molar-refractivity contribution is -0.127. The second kappa shape index (κ2) is 9.01. The summed E-state index contributed by atoms with van der Waals surface area (Å²) in [5.41, 5.74) is 3.11. The minimum atomic E-state index is -0.283. The summed E-state index contributed by atoms with van der Waals surface area (Å²) in [6.45, 7) is 4.75. The Balaban J connectivity index is 1.61. The van der Waals surface area contributed by atoms with E-state index in [-0.39, 0.29) is 17.5 Å². The molecule has 3 rings (SSSR count). The highest BCUT2D eigenvalue weighted by molar-refractivity contribution is 7.99. The Bertz CT molecular complexity index is 922. The van der Waals surface area contributed by atoms with E-state index in [1.165, 1.54) is 29.5 Å². The quantitative estimate of drug-likeness (QED) is 0.558. The molecule has 0 fully saturated rings. The number of thioether (sulfide) groups is 1. The van der Waals surface area contributed by atoms with Gasteiger partial charge in [0.05, 0.1) is 5.75 Å². The van der Waals surface area contributed by atoms with Crippen molar-refractivity contribution in [3.8, 4) is 5.69 Å². The maximum Gasteiger partial charge on any atom is 0.233 e. The Labute approximate surface area is 168 Å². The molecule has 0 aliphatic heterocycles. The van der Waals surface area contributed by atoms with Gasteiger partial charge in [-0.25, -0.2) is 4.39 Å². The molecule has 5 nitrogen and oxygen atoms in total. The summed E-state index contributed by atoms with van der Waals surface area (Å²) < 4.78 is 14.9. The predicted molar refractivity (Wildman–Crippen MR) is 109 cm³/mol. The Kier molecular flexibility index (Phi) is 6.46. The van der Waals surface area contributed by atoms with Crippen molar-refractivity contribution in [2.45, 2.75) is 31.5 Å². The maximum absolute atomic E-state index is 13.0. The lowest BCUT2D eigenvalue weighted by atomic mass is 10.0. The third-order valence-electron chi connectivity index (χ3n) is 4.44. The SMILES string of the molecule is CC(C)c1ccc(-n2cnnc2SCC(=O)N(C)Cc2ccc(F)cc2)cc1. The van der Waals surface area contributed by atoms with Crippen LogP contribution in [0, 0.1) is 5.82 Å². The molecule has 2 aromatic carbocycles. The van der Waals surface area contributed by atoms with Crippen LogP contribution in [0.15, 0.2) is 60.0 Å². The largest absolute Gasteiger partial charge is 0.341 e. The number of rotatable bonds is 7. The van der Waals surface area contributed by atoms with Gasteiger partial charge in [-0.3, -0.25) is 9.36 Å². The molecule has 146 valence electrons. The number of benzene rings is 2. The fourth-order valence-electron chi connectivity index (χ4n) is 2.71. The Morgan fingerprint density at radius 3 is 2.46 bits per heavy atom. The fraction of sp³-hybridized carbons (Fsp3) is 0.286. The predicted octanol–water partition coefficient (Wildman–Crippen LogP) is 4.28. The van der Waals surface area contributed by atoms with E-state index in [2.05, 4.69) is 36.2 Å². The molecular formula is C21H23FN4OS. The molecule has 0 unspecified atom stereocenters. The number of hydrogen-bond acceptors (Lipinski definition) is 4. The first-order chi connectivity index (χ1) is 13.4. The van der Waals surface area contributed by atoms with Crippen molar-refractivity contribution in [3.63, 3.8) is 0 Å². The van der Waals surface area contributed by atoms with Crippen molar-refractivity contribution in [1.82, 2.24) is 19.7 Å². The highest BCUT2D eigenvalue weighted by Crippen LogP contribution is 2.22. The second-order valence-corrected chi connectivity index (χ2v) is 7.84. The van der Waals surface area contributed by atoms with Gasteiger partial charge in [-0.2, -0.15) is 0 Å². The molecule has 0 aliphatic rings. The van der Waals surface area contributed by atoms with Gasteiger partial charge in [0, 0.05) is 19.3 Å². The number of amides is 1. The molecule has 7 heteroatoms. The summed E-state index contributed by atoms with van der Waals surface area (Å²) in [6, 6.07) is 14.4. The molecule has 28 heavy (non-hydrogen) atoms. The molecule has 0 radical (unpaired) electrons. The van der Waals surface area contributed by atoms with Crippen molar-refractivity contribution >= 4 is 17.7 Å². The van der Waals surface area contributed by atoms with E-state index in [1.54, 1.807) is 30.4 Å². The number of nitrogens with zero attached hydrogens (tertiary/aromatic N) is 4. The van der Waals surface area contributed by atoms with Crippen molar-refractivity contribution in [2.75, 3.05) is 12.8 Å². The Hall–Kier alpha value is -2.67. The molecule has 0 spiro atoms. The van der Waals surface area contributed by atoms with Crippen molar-refractivity contribution in [1.29, 1.82) is 0 Å². The van der Waals surface area contributed by atoms with E-state index in [0.29, 0.717) is 17.6 Å². The molecular weight excluding hydrogens is 375 g/mol. The molecule has 1 amide bonds. The van der Waals surface area contributed by atoms with Crippen LogP contribution < -0.4 is 0 Å². The van der Waals surface area contributed by atoms with Gasteiger partial charge in [0.25, 0.3) is 0 Å². The monoisotopic (exact) mass is 398 g/mol. The van der Waals surface area contributed by atoms with Gasteiger partial charge < -0.3 is 4.90 Å². The van der Waals surface area contributed by atoms with Crippen LogP contribution in [0.3, 0.4) is 0 Å². The first-order valence-corrected chi connectivity index (χ1v) is 10.0. The lowest BCUT2D eigenvalue weighted by Gasteiger charge is -2.17. The van der Waals surface area contributed by atoms with Gasteiger partial charge in [0.2, 0.25) is 5.91 Å². The van der Waals surface area contributed by atoms with Crippen molar-refractivity contribution < 1.29 is 9.18 Å². The highest BCUT2D eigenvalue weighted by atomic mass is 32.2. The molecule has 0 saturated heterocycles. The number of hydrogen-bond donors (Lipinski definition) is 0. The third kappa shape index (κ3) is 4.98. The van der Waals surface area contributed by atoms with Crippen LogP contribution in [0.2, 0.25) is 0 Å². The molecule has 1 aromatic heterocycles. The van der Waals surface area contributed by atoms with Gasteiger partial charge in [0.1, 0.15) is 12.1 Å². The fourth-order valence-corrected chi connectivity index (χ4v) is 3.58. The van der Waals surface area contributed by atoms with E-state index in [0.717, 1.165) is 11.3 Å². The third-order valence-corrected chi connectivity index (χ3v) is 5.37. The van der Waals surface area contributed by atoms with Crippen LogP contribution in [0.5, 0.6) is 0 Å². The zero-order valence-corrected chi connectivity index (χ0v) is 17.0. The van der Waals surface area contributed by atoms with E-state index in [9.17, 15) is 9.18 Å². The summed E-state index contributed by atoms with van der Waals surface area (Å²) in [5, 5.41) is 8.79. The number of aromatic nitrogens is 3. The molecule has 0 atom stereocenters. The van der Waals surface area contributed by atoms with E-state index in [1.807, 2.05) is 16.7 Å². The summed E-state index contributed by atoms with van der Waals surface area (Å²) in [4.78, 5) is 14.1. The summed E-state index contributed by atoms with van der Waals surface area (Å²) in [5.74, 6) is 0.409. The number of carbonyl (C=O) groups excluding carboxylic acids is 1. The second-order valence-electron chi connectivity index (χ2n) is 6.89. The average Bonchev–Trinajstić information content (AvgIpc) is 3.16. The Morgan fingerprint density at radius 1 is 1.14 bits per heavy atom. The van der Waals surface area contributed by atoms with Crippen LogP contribution >= 0.6 is 11.8 Å². The van der Waals surface area contributed by atoms with Crippen LogP contribution in [0.4, 0.5) is 4.39 Å². The first kappa shape index (κ1) is 20.1. The molecule has 0 saturated carbocycles. The normalized spacial score (nSPS) is 11.0. The van der Waals surface area contributed by atoms with Crippen LogP contribution in [-0.4, -0.2) is 38.4 Å². The smallest absolute Gasteiger partial charge is 0.233 e. The highest BCUT2D eigenvalue weighted by Gasteiger charge is 2.14. The van der Waals surface area contributed by atoms with Gasteiger partial charge in [-0.1, -0.05) is 49.9 Å². The lowest BCUT2D eigenvalue weighted by Crippen LogP contribution is -2.27. The van der Waals surface area contributed by atoms with Gasteiger partial charge >= 0.3 is 0 Å². The van der Waals surface area contributed by atoms with Gasteiger partial charge in [-0.05, 0) is 41.3 Å². The molecule has 3 aromatic rings. The van der Waals surface area contributed by atoms with E-state index < -0.39 is 0 Å². The van der Waals surface area contributed by atoms with Gasteiger partial charge in [0.15, 0.2) is 5.16 Å². The van der Waals surface area contributed by atoms with Crippen molar-refractivity contribution in [2.24, 2.45) is 0 Å².